The fraction of sp³-hybridized carbons (Fsp3) is 0.600. The van der Waals surface area contributed by atoms with Gasteiger partial charge in [-0.25, -0.2) is 0 Å². The Bertz CT molecular complexity index is 531. The summed E-state index contributed by atoms with van der Waals surface area (Å²) < 4.78 is 26.4. The lowest BCUT2D eigenvalue weighted by Crippen LogP contribution is -2.47. The molecule has 7 heteroatoms. The summed E-state index contributed by atoms with van der Waals surface area (Å²) in [6.07, 6.45) is 0.699. The second-order valence-corrected chi connectivity index (χ2v) is 6.59. The molecule has 124 valence electrons. The first kappa shape index (κ1) is 17.1. The summed E-state index contributed by atoms with van der Waals surface area (Å²) >= 11 is -1.93. The van der Waals surface area contributed by atoms with E-state index in [1.54, 1.807) is 7.11 Å². The zero-order chi connectivity index (χ0) is 16.1. The fourth-order valence-electron chi connectivity index (χ4n) is 2.84. The third kappa shape index (κ3) is 4.34. The lowest BCUT2D eigenvalue weighted by atomic mass is 10.1. The van der Waals surface area contributed by atoms with Crippen molar-refractivity contribution in [2.45, 2.75) is 13.3 Å². The molecule has 1 atom stereocenters. The van der Waals surface area contributed by atoms with Crippen molar-refractivity contribution < 1.29 is 13.5 Å². The number of ether oxygens (including phenoxy) is 1. The molecule has 0 aromatic heterocycles. The Kier molecular flexibility index (Phi) is 6.05. The number of benzene rings is 1. The minimum absolute atomic E-state index is 0.245. The van der Waals surface area contributed by atoms with Crippen LogP contribution in [0.25, 0.3) is 0 Å². The monoisotopic (exact) mass is 326 g/mol. The van der Waals surface area contributed by atoms with Gasteiger partial charge in [0.2, 0.25) is 0 Å². The number of anilines is 2. The number of nitrogen functional groups attached to an aromatic ring is 1. The summed E-state index contributed by atoms with van der Waals surface area (Å²) in [7, 11) is 1.63. The number of aryl methyl sites for hydroxylation is 1. The predicted molar refractivity (Wildman–Crippen MR) is 89.2 cm³/mol. The van der Waals surface area contributed by atoms with Gasteiger partial charge in [0.1, 0.15) is 5.75 Å². The summed E-state index contributed by atoms with van der Waals surface area (Å²) in [5.74, 6) is 0.954. The molecular formula is C15H24N3O3S-. The van der Waals surface area contributed by atoms with Gasteiger partial charge in [0.15, 0.2) is 0 Å². The van der Waals surface area contributed by atoms with Gasteiger partial charge < -0.3 is 19.9 Å². The number of nitrogens with zero attached hydrogens (tertiary/aromatic N) is 2. The second kappa shape index (κ2) is 7.80. The van der Waals surface area contributed by atoms with Crippen LogP contribution < -0.4 is 15.4 Å². The molecule has 1 unspecified atom stereocenters. The minimum Gasteiger partial charge on any atom is -0.772 e. The summed E-state index contributed by atoms with van der Waals surface area (Å²) in [6.45, 7) is 6.63. The van der Waals surface area contributed by atoms with Gasteiger partial charge >= 0.3 is 0 Å². The van der Waals surface area contributed by atoms with Crippen molar-refractivity contribution in [1.29, 1.82) is 0 Å². The number of methoxy groups -OCH3 is 1. The first-order valence-corrected chi connectivity index (χ1v) is 8.73. The van der Waals surface area contributed by atoms with E-state index in [1.807, 2.05) is 12.1 Å². The van der Waals surface area contributed by atoms with Crippen molar-refractivity contribution in [3.63, 3.8) is 0 Å². The molecule has 0 amide bonds. The first-order chi connectivity index (χ1) is 10.5. The molecule has 1 aromatic carbocycles. The van der Waals surface area contributed by atoms with Gasteiger partial charge in [0.05, 0.1) is 12.8 Å². The van der Waals surface area contributed by atoms with Gasteiger partial charge in [0, 0.05) is 43.7 Å². The molecule has 6 nitrogen and oxygen atoms in total. The van der Waals surface area contributed by atoms with Gasteiger partial charge in [-0.2, -0.15) is 0 Å². The molecule has 0 radical (unpaired) electrons. The number of nitrogens with two attached hydrogens (primary N) is 1. The van der Waals surface area contributed by atoms with Crippen LogP contribution in [0, 0.1) is 6.92 Å². The van der Waals surface area contributed by atoms with Crippen molar-refractivity contribution in [2.24, 2.45) is 0 Å². The highest BCUT2D eigenvalue weighted by Gasteiger charge is 2.19. The van der Waals surface area contributed by atoms with E-state index in [2.05, 4.69) is 16.7 Å². The lowest BCUT2D eigenvalue weighted by Gasteiger charge is -2.37. The van der Waals surface area contributed by atoms with Crippen molar-refractivity contribution >= 4 is 22.5 Å². The molecule has 0 saturated carbocycles. The number of hydrogen-bond acceptors (Lipinski definition) is 6. The van der Waals surface area contributed by atoms with Crippen LogP contribution in [-0.4, -0.2) is 59.2 Å². The van der Waals surface area contributed by atoms with Gasteiger partial charge in [-0.05, 0) is 31.5 Å². The Labute approximate surface area is 134 Å². The highest BCUT2D eigenvalue weighted by molar-refractivity contribution is 7.79. The molecular weight excluding hydrogens is 302 g/mol. The van der Waals surface area contributed by atoms with Crippen LogP contribution in [-0.2, 0) is 11.1 Å². The largest absolute Gasteiger partial charge is 0.772 e. The van der Waals surface area contributed by atoms with Crippen LogP contribution in [0.15, 0.2) is 12.1 Å². The number of rotatable bonds is 6. The Morgan fingerprint density at radius 3 is 2.59 bits per heavy atom. The van der Waals surface area contributed by atoms with Gasteiger partial charge in [-0.3, -0.25) is 9.11 Å². The van der Waals surface area contributed by atoms with Crippen molar-refractivity contribution in [2.75, 3.05) is 56.2 Å². The van der Waals surface area contributed by atoms with E-state index in [9.17, 15) is 8.76 Å². The van der Waals surface area contributed by atoms with Crippen LogP contribution in [0.1, 0.15) is 12.0 Å². The smallest absolute Gasteiger partial charge is 0.143 e. The van der Waals surface area contributed by atoms with Crippen molar-refractivity contribution in [3.8, 4) is 5.75 Å². The highest BCUT2D eigenvalue weighted by atomic mass is 32.2. The molecule has 0 aliphatic carbocycles. The maximum absolute atomic E-state index is 10.6. The third-order valence-corrected chi connectivity index (χ3v) is 4.67. The normalized spacial score (nSPS) is 17.5. The summed E-state index contributed by atoms with van der Waals surface area (Å²) in [4.78, 5) is 4.65. The van der Waals surface area contributed by atoms with E-state index in [-0.39, 0.29) is 5.75 Å². The van der Waals surface area contributed by atoms with Crippen molar-refractivity contribution in [3.05, 3.63) is 17.7 Å². The molecule has 1 saturated heterocycles. The van der Waals surface area contributed by atoms with Crippen LogP contribution in [0.5, 0.6) is 5.75 Å². The summed E-state index contributed by atoms with van der Waals surface area (Å²) in [6, 6.07) is 3.95. The zero-order valence-electron chi connectivity index (χ0n) is 13.2. The minimum atomic E-state index is -1.93. The maximum Gasteiger partial charge on any atom is 0.143 e. The molecule has 1 aromatic rings. The summed E-state index contributed by atoms with van der Waals surface area (Å²) in [5, 5.41) is 0. The summed E-state index contributed by atoms with van der Waals surface area (Å²) in [5.41, 5.74) is 8.90. The molecule has 2 N–H and O–H groups in total. The zero-order valence-corrected chi connectivity index (χ0v) is 14.0. The Balaban J connectivity index is 1.93. The fourth-order valence-corrected chi connectivity index (χ4v) is 3.20. The molecule has 1 fully saturated rings. The van der Waals surface area contributed by atoms with Crippen LogP contribution in [0.4, 0.5) is 11.4 Å². The molecule has 2 rings (SSSR count). The highest BCUT2D eigenvalue weighted by Crippen LogP contribution is 2.31. The molecule has 0 spiro atoms. The second-order valence-electron chi connectivity index (χ2n) is 5.57. The van der Waals surface area contributed by atoms with E-state index in [0.29, 0.717) is 17.9 Å². The quantitative estimate of drug-likeness (QED) is 0.620. The number of piperazine rings is 1. The molecule has 22 heavy (non-hydrogen) atoms. The van der Waals surface area contributed by atoms with E-state index in [0.717, 1.165) is 44.0 Å². The third-order valence-electron chi connectivity index (χ3n) is 4.05. The lowest BCUT2D eigenvalue weighted by molar-refractivity contribution is 0.258. The van der Waals surface area contributed by atoms with Crippen LogP contribution >= 0.6 is 0 Å². The SMILES string of the molecule is COc1cc(N2CCN(CCCS(=O)[O-])CC2)c(C)cc1N. The van der Waals surface area contributed by atoms with Crippen molar-refractivity contribution in [1.82, 2.24) is 4.90 Å². The molecule has 1 aliphatic rings. The molecule has 1 aliphatic heterocycles. The van der Waals surface area contributed by atoms with Crippen LogP contribution in [0.3, 0.4) is 0 Å². The Morgan fingerprint density at radius 1 is 1.32 bits per heavy atom. The average molecular weight is 326 g/mol. The van der Waals surface area contributed by atoms with Crippen LogP contribution in [0.2, 0.25) is 0 Å². The average Bonchev–Trinajstić information content (AvgIpc) is 2.48. The molecule has 0 bridgehead atoms. The number of hydrogen-bond donors (Lipinski definition) is 1. The van der Waals surface area contributed by atoms with E-state index in [1.165, 1.54) is 0 Å². The molecule has 1 heterocycles. The standard InChI is InChI=1S/C15H25N3O3S/c1-12-10-13(16)15(21-2)11-14(12)18-7-5-17(6-8-18)4-3-9-22(19)20/h10-11H,3-9,16H2,1-2H3,(H,19,20)/p-1. The maximum atomic E-state index is 10.6. The topological polar surface area (TPSA) is 81.9 Å². The Morgan fingerprint density at radius 2 is 2.00 bits per heavy atom. The van der Waals surface area contributed by atoms with E-state index >= 15 is 0 Å². The predicted octanol–water partition coefficient (Wildman–Crippen LogP) is 0.977. The first-order valence-electron chi connectivity index (χ1n) is 7.48. The van der Waals surface area contributed by atoms with E-state index < -0.39 is 11.1 Å². The Hall–Kier alpha value is -1.31. The van der Waals surface area contributed by atoms with Gasteiger partial charge in [-0.1, -0.05) is 11.1 Å². The van der Waals surface area contributed by atoms with Gasteiger partial charge in [-0.15, -0.1) is 0 Å². The van der Waals surface area contributed by atoms with Gasteiger partial charge in [0.25, 0.3) is 0 Å². The van der Waals surface area contributed by atoms with E-state index in [4.69, 9.17) is 10.5 Å².